The van der Waals surface area contributed by atoms with Crippen LogP contribution in [0.2, 0.25) is 0 Å². The highest BCUT2D eigenvalue weighted by molar-refractivity contribution is 6.13. The number of para-hydroxylation sites is 1. The van der Waals surface area contributed by atoms with Crippen molar-refractivity contribution in [3.05, 3.63) is 77.1 Å². The van der Waals surface area contributed by atoms with Gasteiger partial charge < -0.3 is 14.0 Å². The molecule has 0 aliphatic carbocycles. The summed E-state index contributed by atoms with van der Waals surface area (Å²) in [4.78, 5) is 28.8. The summed E-state index contributed by atoms with van der Waals surface area (Å²) in [6, 6.07) is 17.0. The van der Waals surface area contributed by atoms with Crippen molar-refractivity contribution in [3.8, 4) is 0 Å². The third kappa shape index (κ3) is 3.57. The zero-order chi connectivity index (χ0) is 20.4. The third-order valence-electron chi connectivity index (χ3n) is 4.79. The van der Waals surface area contributed by atoms with Crippen molar-refractivity contribution < 1.29 is 19.1 Å². The van der Waals surface area contributed by atoms with E-state index in [1.165, 1.54) is 0 Å². The largest absolute Gasteiger partial charge is 0.465 e. The minimum Gasteiger partial charge on any atom is -0.465 e. The molecule has 0 saturated carbocycles. The maximum Gasteiger partial charge on any atom is 0.363 e. The smallest absolute Gasteiger partial charge is 0.363 e. The Morgan fingerprint density at radius 3 is 2.62 bits per heavy atom. The van der Waals surface area contributed by atoms with Crippen LogP contribution in [0.15, 0.2) is 65.3 Å². The van der Waals surface area contributed by atoms with E-state index >= 15 is 0 Å². The number of hydrogen-bond acceptors (Lipinski definition) is 5. The average Bonchev–Trinajstić information content (AvgIpc) is 3.22. The van der Waals surface area contributed by atoms with Crippen LogP contribution in [-0.2, 0) is 25.6 Å². The summed E-state index contributed by atoms with van der Waals surface area (Å²) in [7, 11) is 0. The fourth-order valence-corrected chi connectivity index (χ4v) is 3.43. The number of carbonyl (C=O) groups is 2. The van der Waals surface area contributed by atoms with E-state index in [1.54, 1.807) is 13.0 Å². The number of benzene rings is 2. The molecule has 2 heterocycles. The molecule has 4 rings (SSSR count). The van der Waals surface area contributed by atoms with Crippen molar-refractivity contribution in [2.75, 3.05) is 6.61 Å². The number of aromatic nitrogens is 1. The molecule has 1 aliphatic rings. The average molecular weight is 388 g/mol. The van der Waals surface area contributed by atoms with Crippen LogP contribution in [0.25, 0.3) is 17.0 Å². The molecule has 0 atom stereocenters. The highest BCUT2D eigenvalue weighted by atomic mass is 16.6. The highest BCUT2D eigenvalue weighted by Gasteiger charge is 2.25. The lowest BCUT2D eigenvalue weighted by atomic mass is 10.1. The normalized spacial score (nSPS) is 14.9. The van der Waals surface area contributed by atoms with Gasteiger partial charge in [0.05, 0.1) is 6.61 Å². The van der Waals surface area contributed by atoms with E-state index in [2.05, 4.69) is 4.99 Å². The van der Waals surface area contributed by atoms with Crippen LogP contribution in [0.3, 0.4) is 0 Å². The number of rotatable bonds is 5. The Morgan fingerprint density at radius 2 is 1.86 bits per heavy atom. The van der Waals surface area contributed by atoms with Gasteiger partial charge in [0, 0.05) is 27.7 Å². The molecule has 0 bridgehead atoms. The molecule has 0 fully saturated rings. The Bertz CT molecular complexity index is 1160. The fraction of sp³-hybridized carbons (Fsp3) is 0.174. The number of carbonyl (C=O) groups excluding carboxylic acids is 2. The Kier molecular flexibility index (Phi) is 4.99. The van der Waals surface area contributed by atoms with Gasteiger partial charge >= 0.3 is 11.9 Å². The van der Waals surface area contributed by atoms with Crippen LogP contribution in [0.1, 0.15) is 23.7 Å². The first-order valence-electron chi connectivity index (χ1n) is 9.40. The van der Waals surface area contributed by atoms with Crippen molar-refractivity contribution >= 4 is 34.8 Å². The molecule has 0 N–H and O–H groups in total. The molecule has 0 unspecified atom stereocenters. The first-order chi connectivity index (χ1) is 14.1. The molecule has 1 aliphatic heterocycles. The molecule has 0 radical (unpaired) electrons. The van der Waals surface area contributed by atoms with Gasteiger partial charge in [-0.15, -0.1) is 0 Å². The van der Waals surface area contributed by atoms with Gasteiger partial charge in [-0.2, -0.15) is 0 Å². The maximum atomic E-state index is 12.4. The molecule has 0 amide bonds. The second kappa shape index (κ2) is 7.75. The summed E-state index contributed by atoms with van der Waals surface area (Å²) in [6.07, 6.45) is 1.72. The summed E-state index contributed by atoms with van der Waals surface area (Å²) < 4.78 is 12.3. The van der Waals surface area contributed by atoms with Crippen molar-refractivity contribution in [2.45, 2.75) is 20.4 Å². The van der Waals surface area contributed by atoms with Crippen molar-refractivity contribution in [2.24, 2.45) is 4.99 Å². The fourth-order valence-electron chi connectivity index (χ4n) is 3.43. The van der Waals surface area contributed by atoms with Crippen LogP contribution >= 0.6 is 0 Å². The Morgan fingerprint density at radius 1 is 1.14 bits per heavy atom. The summed E-state index contributed by atoms with van der Waals surface area (Å²) in [5, 5.41) is 0.929. The van der Waals surface area contributed by atoms with E-state index in [1.807, 2.05) is 66.1 Å². The first-order valence-corrected chi connectivity index (χ1v) is 9.40. The molecule has 6 nitrogen and oxygen atoms in total. The first kappa shape index (κ1) is 18.7. The topological polar surface area (TPSA) is 69.9 Å². The van der Waals surface area contributed by atoms with Gasteiger partial charge in [-0.05, 0) is 38.1 Å². The quantitative estimate of drug-likeness (QED) is 0.492. The number of fused-ring (bicyclic) bond motifs is 1. The van der Waals surface area contributed by atoms with Crippen molar-refractivity contribution in [3.63, 3.8) is 0 Å². The van der Waals surface area contributed by atoms with Crippen LogP contribution in [0.5, 0.6) is 0 Å². The van der Waals surface area contributed by atoms with E-state index in [-0.39, 0.29) is 24.1 Å². The molecular formula is C23H20N2O4. The van der Waals surface area contributed by atoms with E-state index in [0.29, 0.717) is 6.61 Å². The van der Waals surface area contributed by atoms with Crippen LogP contribution in [0.4, 0.5) is 0 Å². The summed E-state index contributed by atoms with van der Waals surface area (Å²) in [5.74, 6) is -0.513. The Balaban J connectivity index is 1.78. The SMILES string of the molecule is CCOC(=O)Cn1c(C)c(/C=C2/N=C(c3ccccc3)OC2=O)c2ccccc21. The number of ether oxygens (including phenoxy) is 2. The molecule has 146 valence electrons. The molecule has 0 spiro atoms. The predicted octanol–water partition coefficient (Wildman–Crippen LogP) is 3.86. The number of esters is 2. The van der Waals surface area contributed by atoms with Crippen LogP contribution < -0.4 is 0 Å². The number of cyclic esters (lactones) is 1. The second-order valence-electron chi connectivity index (χ2n) is 6.61. The summed E-state index contributed by atoms with van der Waals surface area (Å²) in [6.45, 7) is 4.12. The van der Waals surface area contributed by atoms with Crippen LogP contribution in [0, 0.1) is 6.92 Å². The van der Waals surface area contributed by atoms with Crippen LogP contribution in [-0.4, -0.2) is 29.0 Å². The third-order valence-corrected chi connectivity index (χ3v) is 4.79. The molecule has 29 heavy (non-hydrogen) atoms. The second-order valence-corrected chi connectivity index (χ2v) is 6.61. The number of nitrogens with zero attached hydrogens (tertiary/aromatic N) is 2. The van der Waals surface area contributed by atoms with Gasteiger partial charge in [0.25, 0.3) is 0 Å². The molecule has 3 aromatic rings. The molecule has 1 aromatic heterocycles. The van der Waals surface area contributed by atoms with Gasteiger partial charge in [-0.3, -0.25) is 4.79 Å². The number of hydrogen-bond donors (Lipinski definition) is 0. The summed E-state index contributed by atoms with van der Waals surface area (Å²) in [5.41, 5.74) is 3.54. The number of aliphatic imine (C=N–C) groups is 1. The van der Waals surface area contributed by atoms with Crippen molar-refractivity contribution in [1.29, 1.82) is 0 Å². The van der Waals surface area contributed by atoms with Gasteiger partial charge in [0.2, 0.25) is 5.90 Å². The van der Waals surface area contributed by atoms with Gasteiger partial charge in [-0.25, -0.2) is 9.79 Å². The van der Waals surface area contributed by atoms with Gasteiger partial charge in [0.1, 0.15) is 6.54 Å². The lowest BCUT2D eigenvalue weighted by Crippen LogP contribution is -2.14. The highest BCUT2D eigenvalue weighted by Crippen LogP contribution is 2.29. The minimum atomic E-state index is -0.495. The van der Waals surface area contributed by atoms with E-state index in [4.69, 9.17) is 9.47 Å². The standard InChI is InChI=1S/C23H20N2O4/c1-3-28-21(26)14-25-15(2)18(17-11-7-8-12-20(17)25)13-19-23(27)29-22(24-19)16-9-5-4-6-10-16/h4-13H,3,14H2,1-2H3/b19-13+. The molecular weight excluding hydrogens is 368 g/mol. The molecule has 6 heteroatoms. The minimum absolute atomic E-state index is 0.104. The summed E-state index contributed by atoms with van der Waals surface area (Å²) >= 11 is 0. The monoisotopic (exact) mass is 388 g/mol. The van der Waals surface area contributed by atoms with E-state index in [0.717, 1.165) is 27.7 Å². The van der Waals surface area contributed by atoms with E-state index < -0.39 is 5.97 Å². The zero-order valence-electron chi connectivity index (χ0n) is 16.2. The van der Waals surface area contributed by atoms with Gasteiger partial charge in [-0.1, -0.05) is 36.4 Å². The maximum absolute atomic E-state index is 12.4. The van der Waals surface area contributed by atoms with Crippen molar-refractivity contribution in [1.82, 2.24) is 4.57 Å². The zero-order valence-corrected chi connectivity index (χ0v) is 16.2. The lowest BCUT2D eigenvalue weighted by Gasteiger charge is -2.07. The molecule has 2 aromatic carbocycles. The molecule has 0 saturated heterocycles. The Hall–Kier alpha value is -3.67. The predicted molar refractivity (Wildman–Crippen MR) is 110 cm³/mol. The lowest BCUT2D eigenvalue weighted by molar-refractivity contribution is -0.143. The van der Waals surface area contributed by atoms with Gasteiger partial charge in [0.15, 0.2) is 5.70 Å². The Labute approximate surface area is 168 Å². The van der Waals surface area contributed by atoms with E-state index in [9.17, 15) is 9.59 Å².